The van der Waals surface area contributed by atoms with Crippen LogP contribution in [0, 0.1) is 5.92 Å². The van der Waals surface area contributed by atoms with Gasteiger partial charge in [0.25, 0.3) is 0 Å². The third-order valence-corrected chi connectivity index (χ3v) is 5.33. The standard InChI is InChI=1S/C19H30N4O2S2/c1-13-6-4-5-7-15(13)21-19(27)23-22-18(26)20-11-10-14-8-9-16(24-2)17(12-14)25-3/h8-9,12-13,15H,4-7,10-11H2,1-3H3,(H2,20,22,26)(H2,21,23,27)/t13-,15-/m0/s1. The predicted octanol–water partition coefficient (Wildman–Crippen LogP) is 2.67. The molecule has 1 aromatic carbocycles. The van der Waals surface area contributed by atoms with Gasteiger partial charge in [-0.2, -0.15) is 0 Å². The fraction of sp³-hybridized carbons (Fsp3) is 0.579. The molecule has 1 saturated carbocycles. The Labute approximate surface area is 172 Å². The number of thiocarbonyl (C=S) groups is 2. The molecule has 0 unspecified atom stereocenters. The van der Waals surface area contributed by atoms with Gasteiger partial charge >= 0.3 is 0 Å². The summed E-state index contributed by atoms with van der Waals surface area (Å²) < 4.78 is 10.6. The maximum atomic E-state index is 5.35. The molecule has 150 valence electrons. The number of ether oxygens (including phenoxy) is 2. The van der Waals surface area contributed by atoms with Crippen LogP contribution in [-0.4, -0.2) is 37.0 Å². The average Bonchev–Trinajstić information content (AvgIpc) is 2.68. The highest BCUT2D eigenvalue weighted by molar-refractivity contribution is 7.80. The fourth-order valence-electron chi connectivity index (χ4n) is 3.25. The predicted molar refractivity (Wildman–Crippen MR) is 117 cm³/mol. The highest BCUT2D eigenvalue weighted by Crippen LogP contribution is 2.27. The number of hydrogen-bond acceptors (Lipinski definition) is 4. The molecule has 1 aliphatic carbocycles. The molecule has 4 N–H and O–H groups in total. The van der Waals surface area contributed by atoms with Gasteiger partial charge in [0, 0.05) is 12.6 Å². The Kier molecular flexibility index (Phi) is 8.87. The van der Waals surface area contributed by atoms with Crippen molar-refractivity contribution in [3.63, 3.8) is 0 Å². The average molecular weight is 411 g/mol. The lowest BCUT2D eigenvalue weighted by Crippen LogP contribution is -2.53. The minimum Gasteiger partial charge on any atom is -0.493 e. The van der Waals surface area contributed by atoms with Crippen molar-refractivity contribution in [1.82, 2.24) is 21.5 Å². The first kappa shape index (κ1) is 21.5. The number of nitrogens with one attached hydrogen (secondary N) is 4. The van der Waals surface area contributed by atoms with E-state index in [4.69, 9.17) is 33.9 Å². The van der Waals surface area contributed by atoms with Gasteiger partial charge < -0.3 is 20.1 Å². The Bertz CT molecular complexity index is 642. The maximum absolute atomic E-state index is 5.35. The molecular weight excluding hydrogens is 380 g/mol. The molecule has 8 heteroatoms. The molecule has 1 aromatic rings. The quantitative estimate of drug-likeness (QED) is 0.422. The summed E-state index contributed by atoms with van der Waals surface area (Å²) in [5, 5.41) is 7.63. The van der Waals surface area contributed by atoms with Crippen molar-refractivity contribution in [3.8, 4) is 11.5 Å². The molecule has 1 fully saturated rings. The molecule has 2 atom stereocenters. The van der Waals surface area contributed by atoms with E-state index in [9.17, 15) is 0 Å². The van der Waals surface area contributed by atoms with Crippen molar-refractivity contribution < 1.29 is 9.47 Å². The van der Waals surface area contributed by atoms with Gasteiger partial charge in [-0.25, -0.2) is 0 Å². The first-order valence-corrected chi connectivity index (χ1v) is 10.2. The lowest BCUT2D eigenvalue weighted by Gasteiger charge is -2.30. The van der Waals surface area contributed by atoms with Gasteiger partial charge in [-0.3, -0.25) is 10.9 Å². The highest BCUT2D eigenvalue weighted by Gasteiger charge is 2.21. The third kappa shape index (κ3) is 7.03. The van der Waals surface area contributed by atoms with E-state index in [-0.39, 0.29) is 0 Å². The highest BCUT2D eigenvalue weighted by atomic mass is 32.1. The molecule has 0 amide bonds. The zero-order valence-electron chi connectivity index (χ0n) is 16.3. The molecule has 0 aromatic heterocycles. The van der Waals surface area contributed by atoms with Gasteiger partial charge in [-0.1, -0.05) is 25.8 Å². The second kappa shape index (κ2) is 11.1. The molecule has 1 aliphatic rings. The number of benzene rings is 1. The number of hydrazine groups is 1. The molecule has 2 rings (SSSR count). The van der Waals surface area contributed by atoms with Crippen molar-refractivity contribution in [3.05, 3.63) is 23.8 Å². The van der Waals surface area contributed by atoms with Crippen LogP contribution in [0.2, 0.25) is 0 Å². The zero-order chi connectivity index (χ0) is 19.6. The summed E-state index contributed by atoms with van der Waals surface area (Å²) in [6, 6.07) is 6.33. The molecule has 6 nitrogen and oxygen atoms in total. The van der Waals surface area contributed by atoms with Crippen molar-refractivity contribution in [2.45, 2.75) is 45.1 Å². The summed E-state index contributed by atoms with van der Waals surface area (Å²) >= 11 is 10.6. The Hall–Kier alpha value is -1.80. The lowest BCUT2D eigenvalue weighted by molar-refractivity contribution is 0.308. The topological polar surface area (TPSA) is 66.6 Å². The first-order valence-electron chi connectivity index (χ1n) is 9.34. The Balaban J connectivity index is 1.66. The van der Waals surface area contributed by atoms with Crippen LogP contribution in [0.25, 0.3) is 0 Å². The van der Waals surface area contributed by atoms with Crippen LogP contribution in [0.1, 0.15) is 38.2 Å². The van der Waals surface area contributed by atoms with E-state index >= 15 is 0 Å². The maximum Gasteiger partial charge on any atom is 0.185 e. The Morgan fingerprint density at radius 3 is 2.44 bits per heavy atom. The molecular formula is C19H30N4O2S2. The van der Waals surface area contributed by atoms with Gasteiger partial charge in [0.1, 0.15) is 0 Å². The van der Waals surface area contributed by atoms with Crippen LogP contribution in [0.3, 0.4) is 0 Å². The summed E-state index contributed by atoms with van der Waals surface area (Å²) in [5.41, 5.74) is 7.04. The number of hydrogen-bond donors (Lipinski definition) is 4. The summed E-state index contributed by atoms with van der Waals surface area (Å²) in [4.78, 5) is 0. The van der Waals surface area contributed by atoms with Crippen molar-refractivity contribution in [2.75, 3.05) is 20.8 Å². The van der Waals surface area contributed by atoms with E-state index in [0.29, 0.717) is 28.7 Å². The third-order valence-electron chi connectivity index (χ3n) is 4.86. The van der Waals surface area contributed by atoms with E-state index in [1.165, 1.54) is 19.3 Å². The second-order valence-corrected chi connectivity index (χ2v) is 7.60. The molecule has 0 aliphatic heterocycles. The SMILES string of the molecule is COc1ccc(CCNC(=S)NNC(=S)N[C@H]2CCCC[C@@H]2C)cc1OC. The van der Waals surface area contributed by atoms with Gasteiger partial charge in [0.2, 0.25) is 0 Å². The summed E-state index contributed by atoms with van der Waals surface area (Å²) in [6.45, 7) is 2.97. The Morgan fingerprint density at radius 1 is 1.04 bits per heavy atom. The van der Waals surface area contributed by atoms with Crippen LogP contribution in [0.4, 0.5) is 0 Å². The molecule has 0 saturated heterocycles. The molecule has 27 heavy (non-hydrogen) atoms. The largest absolute Gasteiger partial charge is 0.493 e. The number of rotatable bonds is 6. The van der Waals surface area contributed by atoms with Gasteiger partial charge in [0.15, 0.2) is 21.7 Å². The second-order valence-electron chi connectivity index (χ2n) is 6.79. The van der Waals surface area contributed by atoms with E-state index < -0.39 is 0 Å². The van der Waals surface area contributed by atoms with Crippen molar-refractivity contribution in [1.29, 1.82) is 0 Å². The van der Waals surface area contributed by atoms with E-state index in [2.05, 4.69) is 28.4 Å². The summed E-state index contributed by atoms with van der Waals surface area (Å²) in [6.07, 6.45) is 5.80. The van der Waals surface area contributed by atoms with Crippen LogP contribution in [0.5, 0.6) is 11.5 Å². The van der Waals surface area contributed by atoms with Gasteiger partial charge in [-0.15, -0.1) is 0 Å². The van der Waals surface area contributed by atoms with Gasteiger partial charge in [0.05, 0.1) is 14.2 Å². The van der Waals surface area contributed by atoms with Gasteiger partial charge in [-0.05, 0) is 67.3 Å². The van der Waals surface area contributed by atoms with Crippen LogP contribution in [0.15, 0.2) is 18.2 Å². The smallest absolute Gasteiger partial charge is 0.185 e. The van der Waals surface area contributed by atoms with Crippen LogP contribution >= 0.6 is 24.4 Å². The molecule has 0 spiro atoms. The summed E-state index contributed by atoms with van der Waals surface area (Å²) in [7, 11) is 3.26. The van der Waals surface area contributed by atoms with Crippen LogP contribution < -0.4 is 31.0 Å². The minimum absolute atomic E-state index is 0.437. The minimum atomic E-state index is 0.437. The molecule has 0 heterocycles. The monoisotopic (exact) mass is 410 g/mol. The fourth-order valence-corrected chi connectivity index (χ4v) is 3.60. The van der Waals surface area contributed by atoms with E-state index in [1.807, 2.05) is 18.2 Å². The lowest BCUT2D eigenvalue weighted by atomic mass is 9.86. The molecule has 0 bridgehead atoms. The Morgan fingerprint density at radius 2 is 1.74 bits per heavy atom. The normalized spacial score (nSPS) is 18.9. The molecule has 0 radical (unpaired) electrons. The van der Waals surface area contributed by atoms with Crippen LogP contribution in [-0.2, 0) is 6.42 Å². The van der Waals surface area contributed by atoms with E-state index in [1.54, 1.807) is 14.2 Å². The van der Waals surface area contributed by atoms with Crippen molar-refractivity contribution in [2.24, 2.45) is 5.92 Å². The number of methoxy groups -OCH3 is 2. The van der Waals surface area contributed by atoms with E-state index in [0.717, 1.165) is 29.9 Å². The zero-order valence-corrected chi connectivity index (χ0v) is 17.9. The van der Waals surface area contributed by atoms with Crippen molar-refractivity contribution >= 4 is 34.7 Å². The summed E-state index contributed by atoms with van der Waals surface area (Å²) in [5.74, 6) is 2.10. The first-order chi connectivity index (χ1) is 13.0.